The Hall–Kier alpha value is -1.30. The van der Waals surface area contributed by atoms with E-state index < -0.39 is 6.10 Å². The predicted octanol–water partition coefficient (Wildman–Crippen LogP) is 1.28. The number of aliphatic hydroxyl groups excluding tert-OH is 1. The molecule has 0 spiro atoms. The number of nitrogens with zero attached hydrogens (tertiary/aromatic N) is 1. The van der Waals surface area contributed by atoms with Gasteiger partial charge in [0.15, 0.2) is 0 Å². The third-order valence-corrected chi connectivity index (χ3v) is 4.05. The van der Waals surface area contributed by atoms with Crippen molar-refractivity contribution < 1.29 is 14.6 Å². The summed E-state index contributed by atoms with van der Waals surface area (Å²) >= 11 is 0. The van der Waals surface area contributed by atoms with Crippen LogP contribution in [0.2, 0.25) is 0 Å². The standard InChI is InChI=1S/C16H26N2O3/c1-12(11-18-8-6-17-7-9-18)16(19)14-10-13(20-2)4-5-15(14)21-3/h4-5,10,12,16-17,19H,6-9,11H2,1-3H3. The molecule has 0 saturated carbocycles. The van der Waals surface area contributed by atoms with E-state index >= 15 is 0 Å². The Morgan fingerprint density at radius 3 is 2.57 bits per heavy atom. The van der Waals surface area contributed by atoms with Crippen LogP contribution >= 0.6 is 0 Å². The molecule has 118 valence electrons. The van der Waals surface area contributed by atoms with Gasteiger partial charge in [0.25, 0.3) is 0 Å². The van der Waals surface area contributed by atoms with Crippen molar-refractivity contribution in [3.8, 4) is 11.5 Å². The Labute approximate surface area is 126 Å². The lowest BCUT2D eigenvalue weighted by atomic mass is 9.95. The Balaban J connectivity index is 2.08. The lowest BCUT2D eigenvalue weighted by Gasteiger charge is -2.31. The number of aliphatic hydroxyl groups is 1. The molecule has 1 aromatic carbocycles. The Bertz CT molecular complexity index is 447. The van der Waals surface area contributed by atoms with Crippen molar-refractivity contribution in [3.05, 3.63) is 23.8 Å². The average Bonchev–Trinajstić information content (AvgIpc) is 2.54. The summed E-state index contributed by atoms with van der Waals surface area (Å²) in [4.78, 5) is 2.39. The maximum absolute atomic E-state index is 10.7. The van der Waals surface area contributed by atoms with E-state index in [1.165, 1.54) is 0 Å². The molecular weight excluding hydrogens is 268 g/mol. The molecule has 5 nitrogen and oxygen atoms in total. The van der Waals surface area contributed by atoms with E-state index in [9.17, 15) is 5.11 Å². The molecule has 0 radical (unpaired) electrons. The summed E-state index contributed by atoms with van der Waals surface area (Å²) in [6, 6.07) is 5.54. The van der Waals surface area contributed by atoms with Crippen LogP contribution in [-0.2, 0) is 0 Å². The molecule has 0 aromatic heterocycles. The van der Waals surface area contributed by atoms with Gasteiger partial charge in [-0.05, 0) is 24.1 Å². The number of ether oxygens (including phenoxy) is 2. The molecule has 1 aliphatic heterocycles. The van der Waals surface area contributed by atoms with Crippen LogP contribution in [0.15, 0.2) is 18.2 Å². The van der Waals surface area contributed by atoms with Gasteiger partial charge in [-0.1, -0.05) is 6.92 Å². The van der Waals surface area contributed by atoms with Crippen molar-refractivity contribution >= 4 is 0 Å². The summed E-state index contributed by atoms with van der Waals surface area (Å²) in [6.45, 7) is 7.06. The molecule has 5 heteroatoms. The number of methoxy groups -OCH3 is 2. The first-order chi connectivity index (χ1) is 10.2. The molecule has 1 saturated heterocycles. The lowest BCUT2D eigenvalue weighted by molar-refractivity contribution is 0.0820. The van der Waals surface area contributed by atoms with Crippen molar-refractivity contribution in [3.63, 3.8) is 0 Å². The SMILES string of the molecule is COc1ccc(OC)c(C(O)C(C)CN2CCNCC2)c1. The molecule has 0 amide bonds. The van der Waals surface area contributed by atoms with E-state index in [1.54, 1.807) is 14.2 Å². The number of hydrogen-bond acceptors (Lipinski definition) is 5. The van der Waals surface area contributed by atoms with E-state index in [0.717, 1.165) is 44.0 Å². The molecule has 1 fully saturated rings. The fraction of sp³-hybridized carbons (Fsp3) is 0.625. The molecule has 0 aliphatic carbocycles. The normalized spacial score (nSPS) is 19.0. The fourth-order valence-corrected chi connectivity index (χ4v) is 2.78. The summed E-state index contributed by atoms with van der Waals surface area (Å²) in [5, 5.41) is 14.0. The van der Waals surface area contributed by atoms with Gasteiger partial charge in [-0.2, -0.15) is 0 Å². The highest BCUT2D eigenvalue weighted by molar-refractivity contribution is 5.41. The second kappa shape index (κ2) is 7.64. The van der Waals surface area contributed by atoms with Crippen molar-refractivity contribution in [2.75, 3.05) is 46.9 Å². The minimum Gasteiger partial charge on any atom is -0.497 e. The van der Waals surface area contributed by atoms with Gasteiger partial charge in [0.2, 0.25) is 0 Å². The van der Waals surface area contributed by atoms with Gasteiger partial charge in [-0.25, -0.2) is 0 Å². The molecule has 1 heterocycles. The zero-order chi connectivity index (χ0) is 15.2. The number of piperazine rings is 1. The number of benzene rings is 1. The minimum absolute atomic E-state index is 0.129. The maximum atomic E-state index is 10.7. The van der Waals surface area contributed by atoms with Gasteiger partial charge in [0, 0.05) is 38.3 Å². The first-order valence-electron chi connectivity index (χ1n) is 7.48. The van der Waals surface area contributed by atoms with Gasteiger partial charge < -0.3 is 24.8 Å². The fourth-order valence-electron chi connectivity index (χ4n) is 2.78. The highest BCUT2D eigenvalue weighted by Gasteiger charge is 2.23. The molecule has 0 bridgehead atoms. The lowest BCUT2D eigenvalue weighted by Crippen LogP contribution is -2.45. The van der Waals surface area contributed by atoms with Crippen LogP contribution < -0.4 is 14.8 Å². The van der Waals surface area contributed by atoms with E-state index in [0.29, 0.717) is 5.75 Å². The van der Waals surface area contributed by atoms with Gasteiger partial charge >= 0.3 is 0 Å². The Morgan fingerprint density at radius 2 is 1.95 bits per heavy atom. The van der Waals surface area contributed by atoms with Crippen LogP contribution in [-0.4, -0.2) is 56.9 Å². The molecule has 2 N–H and O–H groups in total. The monoisotopic (exact) mass is 294 g/mol. The van der Waals surface area contributed by atoms with Crippen LogP contribution in [0, 0.1) is 5.92 Å². The largest absolute Gasteiger partial charge is 0.497 e. The van der Waals surface area contributed by atoms with Gasteiger partial charge in [-0.3, -0.25) is 0 Å². The molecule has 2 atom stereocenters. The number of nitrogens with one attached hydrogen (secondary N) is 1. The summed E-state index contributed by atoms with van der Waals surface area (Å²) < 4.78 is 10.6. The smallest absolute Gasteiger partial charge is 0.124 e. The summed E-state index contributed by atoms with van der Waals surface area (Å²) in [5.41, 5.74) is 0.791. The second-order valence-corrected chi connectivity index (χ2v) is 5.58. The van der Waals surface area contributed by atoms with E-state index in [4.69, 9.17) is 9.47 Å². The molecule has 1 aliphatic rings. The van der Waals surface area contributed by atoms with Crippen LogP contribution in [0.5, 0.6) is 11.5 Å². The third-order valence-electron chi connectivity index (χ3n) is 4.05. The zero-order valence-corrected chi connectivity index (χ0v) is 13.1. The van der Waals surface area contributed by atoms with Crippen LogP contribution in [0.1, 0.15) is 18.6 Å². The number of hydrogen-bond donors (Lipinski definition) is 2. The highest BCUT2D eigenvalue weighted by Crippen LogP contribution is 2.33. The third kappa shape index (κ3) is 4.09. The summed E-state index contributed by atoms with van der Waals surface area (Å²) in [6.07, 6.45) is -0.565. The van der Waals surface area contributed by atoms with Gasteiger partial charge in [-0.15, -0.1) is 0 Å². The zero-order valence-electron chi connectivity index (χ0n) is 13.1. The van der Waals surface area contributed by atoms with Crippen molar-refractivity contribution in [1.82, 2.24) is 10.2 Å². The predicted molar refractivity (Wildman–Crippen MR) is 83.0 cm³/mol. The van der Waals surface area contributed by atoms with E-state index in [-0.39, 0.29) is 5.92 Å². The topological polar surface area (TPSA) is 54.0 Å². The molecule has 21 heavy (non-hydrogen) atoms. The molecular formula is C16H26N2O3. The molecule has 1 aromatic rings. The van der Waals surface area contributed by atoms with Crippen molar-refractivity contribution in [1.29, 1.82) is 0 Å². The van der Waals surface area contributed by atoms with Crippen LogP contribution in [0.3, 0.4) is 0 Å². The van der Waals surface area contributed by atoms with Crippen LogP contribution in [0.4, 0.5) is 0 Å². The van der Waals surface area contributed by atoms with E-state index in [1.807, 2.05) is 18.2 Å². The Morgan fingerprint density at radius 1 is 1.24 bits per heavy atom. The summed E-state index contributed by atoms with van der Waals surface area (Å²) in [5.74, 6) is 1.57. The quantitative estimate of drug-likeness (QED) is 0.828. The van der Waals surface area contributed by atoms with Crippen molar-refractivity contribution in [2.24, 2.45) is 5.92 Å². The maximum Gasteiger partial charge on any atom is 0.124 e. The van der Waals surface area contributed by atoms with Gasteiger partial charge in [0.05, 0.1) is 20.3 Å². The highest BCUT2D eigenvalue weighted by atomic mass is 16.5. The van der Waals surface area contributed by atoms with Gasteiger partial charge in [0.1, 0.15) is 11.5 Å². The van der Waals surface area contributed by atoms with E-state index in [2.05, 4.69) is 17.1 Å². The van der Waals surface area contributed by atoms with Crippen LogP contribution in [0.25, 0.3) is 0 Å². The molecule has 2 rings (SSSR count). The number of rotatable bonds is 6. The molecule has 2 unspecified atom stereocenters. The first-order valence-corrected chi connectivity index (χ1v) is 7.48. The minimum atomic E-state index is -0.565. The van der Waals surface area contributed by atoms with Crippen molar-refractivity contribution in [2.45, 2.75) is 13.0 Å². The Kier molecular flexibility index (Phi) is 5.85. The average molecular weight is 294 g/mol. The first kappa shape index (κ1) is 16.1. The summed E-state index contributed by atoms with van der Waals surface area (Å²) in [7, 11) is 3.25. The second-order valence-electron chi connectivity index (χ2n) is 5.58.